The van der Waals surface area contributed by atoms with E-state index in [1.54, 1.807) is 0 Å². The number of carbonyl (C=O) groups excluding carboxylic acids is 1. The molecule has 4 N–H and O–H groups in total. The highest BCUT2D eigenvalue weighted by Gasteiger charge is 2.05. The van der Waals surface area contributed by atoms with E-state index in [9.17, 15) is 4.79 Å². The van der Waals surface area contributed by atoms with Gasteiger partial charge in [-0.3, -0.25) is 4.79 Å². The minimum Gasteiger partial charge on any atom is -0.398 e. The third kappa shape index (κ3) is 2.13. The predicted molar refractivity (Wildman–Crippen MR) is 57.3 cm³/mol. The fourth-order valence-corrected chi connectivity index (χ4v) is 1.50. The Labute approximate surface area is 83.4 Å². The Bertz CT molecular complexity index is 374. The molecule has 0 saturated heterocycles. The van der Waals surface area contributed by atoms with Crippen LogP contribution in [0.15, 0.2) is 24.3 Å². The van der Waals surface area contributed by atoms with Gasteiger partial charge in [-0.1, -0.05) is 18.2 Å². The predicted octanol–water partition coefficient (Wildman–Crippen LogP) is 1.09. The Morgan fingerprint density at radius 2 is 1.71 bits per heavy atom. The molecule has 14 heavy (non-hydrogen) atoms. The summed E-state index contributed by atoms with van der Waals surface area (Å²) >= 11 is 0. The molecule has 3 heteroatoms. The van der Waals surface area contributed by atoms with E-state index in [-0.39, 0.29) is 0 Å². The molecule has 1 aromatic rings. The van der Waals surface area contributed by atoms with Crippen LogP contribution in [-0.4, -0.2) is 5.91 Å². The second-order valence-electron chi connectivity index (χ2n) is 3.27. The Kier molecular flexibility index (Phi) is 2.92. The van der Waals surface area contributed by atoms with Gasteiger partial charge >= 0.3 is 0 Å². The number of nitrogens with two attached hydrogens (primary N) is 2. The molecule has 0 fully saturated rings. The fourth-order valence-electron chi connectivity index (χ4n) is 1.50. The Morgan fingerprint density at radius 1 is 1.21 bits per heavy atom. The normalized spacial score (nSPS) is 11.4. The van der Waals surface area contributed by atoms with Crippen LogP contribution in [0.2, 0.25) is 0 Å². The van der Waals surface area contributed by atoms with E-state index in [0.717, 1.165) is 16.7 Å². The van der Waals surface area contributed by atoms with E-state index < -0.39 is 5.91 Å². The van der Waals surface area contributed by atoms with E-state index >= 15 is 0 Å². The van der Waals surface area contributed by atoms with Gasteiger partial charge in [0.1, 0.15) is 0 Å². The topological polar surface area (TPSA) is 69.1 Å². The summed E-state index contributed by atoms with van der Waals surface area (Å²) in [5.41, 5.74) is 14.2. The lowest BCUT2D eigenvalue weighted by Crippen LogP contribution is -2.11. The number of primary amides is 1. The average Bonchev–Trinajstić information content (AvgIpc) is 2.01. The van der Waals surface area contributed by atoms with Crippen molar-refractivity contribution in [1.29, 1.82) is 0 Å². The molecule has 0 atom stereocenters. The first kappa shape index (κ1) is 10.3. The van der Waals surface area contributed by atoms with Gasteiger partial charge in [0, 0.05) is 17.3 Å². The smallest absolute Gasteiger partial charge is 0.243 e. The lowest BCUT2D eigenvalue weighted by atomic mass is 10.00. The van der Waals surface area contributed by atoms with Crippen LogP contribution >= 0.6 is 0 Å². The quantitative estimate of drug-likeness (QED) is 0.685. The number of hydrogen-bond donors (Lipinski definition) is 2. The molecular formula is C11H14N2O. The number of benzene rings is 1. The van der Waals surface area contributed by atoms with E-state index in [1.165, 1.54) is 6.08 Å². The van der Waals surface area contributed by atoms with Gasteiger partial charge in [0.05, 0.1) is 0 Å². The first-order chi connectivity index (χ1) is 6.52. The van der Waals surface area contributed by atoms with Crippen molar-refractivity contribution in [3.05, 3.63) is 41.0 Å². The maximum atomic E-state index is 10.7. The standard InChI is InChI=1S/C11H14N2O/c1-7-4-3-5-8(2)11(7)9(12)6-10(13)14/h3-6H,12H2,1-2H3,(H2,13,14)/b9-6-. The van der Waals surface area contributed by atoms with Crippen LogP contribution in [0.1, 0.15) is 16.7 Å². The molecule has 0 radical (unpaired) electrons. The summed E-state index contributed by atoms with van der Waals surface area (Å²) in [7, 11) is 0. The molecule has 0 aliphatic carbocycles. The second-order valence-corrected chi connectivity index (χ2v) is 3.27. The first-order valence-electron chi connectivity index (χ1n) is 4.35. The van der Waals surface area contributed by atoms with E-state index in [0.29, 0.717) is 5.70 Å². The van der Waals surface area contributed by atoms with Crippen molar-refractivity contribution >= 4 is 11.6 Å². The van der Waals surface area contributed by atoms with Gasteiger partial charge < -0.3 is 11.5 Å². The van der Waals surface area contributed by atoms with Crippen molar-refractivity contribution < 1.29 is 4.79 Å². The third-order valence-electron chi connectivity index (χ3n) is 2.07. The highest BCUT2D eigenvalue weighted by atomic mass is 16.1. The van der Waals surface area contributed by atoms with Crippen molar-refractivity contribution in [3.63, 3.8) is 0 Å². The maximum Gasteiger partial charge on any atom is 0.243 e. The molecule has 0 aliphatic rings. The zero-order chi connectivity index (χ0) is 10.7. The fraction of sp³-hybridized carbons (Fsp3) is 0.182. The van der Waals surface area contributed by atoms with Crippen LogP contribution in [0.5, 0.6) is 0 Å². The second kappa shape index (κ2) is 3.96. The van der Waals surface area contributed by atoms with Gasteiger partial charge in [-0.05, 0) is 25.0 Å². The lowest BCUT2D eigenvalue weighted by Gasteiger charge is -2.08. The summed E-state index contributed by atoms with van der Waals surface area (Å²) in [5, 5.41) is 0. The molecule has 1 amide bonds. The van der Waals surface area contributed by atoms with Crippen LogP contribution in [0.4, 0.5) is 0 Å². The SMILES string of the molecule is Cc1cccc(C)c1/C(N)=C/C(N)=O. The average molecular weight is 190 g/mol. The summed E-state index contributed by atoms with van der Waals surface area (Å²) in [6.07, 6.45) is 1.25. The van der Waals surface area contributed by atoms with Crippen molar-refractivity contribution in [3.8, 4) is 0 Å². The Hall–Kier alpha value is -1.77. The minimum atomic E-state index is -0.523. The highest BCUT2D eigenvalue weighted by molar-refractivity contribution is 5.94. The summed E-state index contributed by atoms with van der Waals surface area (Å²) in [6, 6.07) is 5.85. The molecule has 0 aliphatic heterocycles. The van der Waals surface area contributed by atoms with Crippen molar-refractivity contribution in [2.75, 3.05) is 0 Å². The highest BCUT2D eigenvalue weighted by Crippen LogP contribution is 2.18. The van der Waals surface area contributed by atoms with Crippen LogP contribution in [0, 0.1) is 13.8 Å². The third-order valence-corrected chi connectivity index (χ3v) is 2.07. The van der Waals surface area contributed by atoms with Gasteiger partial charge in [0.25, 0.3) is 0 Å². The van der Waals surface area contributed by atoms with E-state index in [1.807, 2.05) is 32.0 Å². The molecule has 0 heterocycles. The monoisotopic (exact) mass is 190 g/mol. The summed E-state index contributed by atoms with van der Waals surface area (Å²) in [5.74, 6) is -0.523. The lowest BCUT2D eigenvalue weighted by molar-refractivity contribution is -0.113. The van der Waals surface area contributed by atoms with Gasteiger partial charge in [0.2, 0.25) is 5.91 Å². The van der Waals surface area contributed by atoms with Crippen LogP contribution in [0.3, 0.4) is 0 Å². The van der Waals surface area contributed by atoms with E-state index in [2.05, 4.69) is 0 Å². The number of aryl methyl sites for hydroxylation is 2. The van der Waals surface area contributed by atoms with Gasteiger partial charge in [0.15, 0.2) is 0 Å². The molecule has 0 unspecified atom stereocenters. The van der Waals surface area contributed by atoms with Gasteiger partial charge in [-0.15, -0.1) is 0 Å². The molecule has 1 rings (SSSR count). The molecule has 0 aromatic heterocycles. The van der Waals surface area contributed by atoms with Crippen molar-refractivity contribution in [1.82, 2.24) is 0 Å². The molecule has 0 spiro atoms. The number of rotatable bonds is 2. The minimum absolute atomic E-state index is 0.424. The molecule has 74 valence electrons. The summed E-state index contributed by atoms with van der Waals surface area (Å²) in [6.45, 7) is 3.90. The van der Waals surface area contributed by atoms with Crippen LogP contribution in [-0.2, 0) is 4.79 Å². The number of amides is 1. The largest absolute Gasteiger partial charge is 0.398 e. The van der Waals surface area contributed by atoms with Crippen LogP contribution in [0.25, 0.3) is 5.70 Å². The van der Waals surface area contributed by atoms with Crippen molar-refractivity contribution in [2.45, 2.75) is 13.8 Å². The Balaban J connectivity index is 3.25. The van der Waals surface area contributed by atoms with Gasteiger partial charge in [-0.25, -0.2) is 0 Å². The number of hydrogen-bond acceptors (Lipinski definition) is 2. The molecule has 1 aromatic carbocycles. The first-order valence-corrected chi connectivity index (χ1v) is 4.35. The van der Waals surface area contributed by atoms with Crippen molar-refractivity contribution in [2.24, 2.45) is 11.5 Å². The molecular weight excluding hydrogens is 176 g/mol. The van der Waals surface area contributed by atoms with Gasteiger partial charge in [-0.2, -0.15) is 0 Å². The molecule has 3 nitrogen and oxygen atoms in total. The van der Waals surface area contributed by atoms with E-state index in [4.69, 9.17) is 11.5 Å². The summed E-state index contributed by atoms with van der Waals surface area (Å²) < 4.78 is 0. The maximum absolute atomic E-state index is 10.7. The van der Waals surface area contributed by atoms with Crippen LogP contribution < -0.4 is 11.5 Å². The Morgan fingerprint density at radius 3 is 2.14 bits per heavy atom. The zero-order valence-electron chi connectivity index (χ0n) is 8.37. The number of carbonyl (C=O) groups is 1. The molecule has 0 bridgehead atoms. The zero-order valence-corrected chi connectivity index (χ0v) is 8.37. The molecule has 0 saturated carbocycles. The summed E-state index contributed by atoms with van der Waals surface area (Å²) in [4.78, 5) is 10.7.